The smallest absolute Gasteiger partial charge is 0.0698 e. The lowest BCUT2D eigenvalue weighted by molar-refractivity contribution is 0.0584. The molecule has 1 fully saturated rings. The average Bonchev–Trinajstić information content (AvgIpc) is 2.36. The minimum atomic E-state index is 0.124. The topological polar surface area (TPSA) is 35.9 Å². The van der Waals surface area contributed by atoms with Gasteiger partial charge < -0.3 is 19.6 Å². The van der Waals surface area contributed by atoms with Crippen LogP contribution in [0.25, 0.3) is 0 Å². The van der Waals surface area contributed by atoms with E-state index in [1.165, 1.54) is 38.9 Å². The van der Waals surface area contributed by atoms with Gasteiger partial charge in [0.2, 0.25) is 0 Å². The molecule has 4 nitrogen and oxygen atoms in total. The highest BCUT2D eigenvalue weighted by molar-refractivity contribution is 4.77. The first kappa shape index (κ1) is 14.9. The number of rotatable bonds is 8. The molecule has 1 aliphatic heterocycles. The van der Waals surface area contributed by atoms with Crippen molar-refractivity contribution in [2.75, 3.05) is 53.0 Å². The van der Waals surface area contributed by atoms with Gasteiger partial charge in [0.1, 0.15) is 0 Å². The molecule has 4 heteroatoms. The molecule has 0 amide bonds. The Labute approximate surface area is 106 Å². The van der Waals surface area contributed by atoms with Crippen LogP contribution in [0, 0.1) is 0 Å². The highest BCUT2D eigenvalue weighted by Gasteiger charge is 2.21. The summed E-state index contributed by atoms with van der Waals surface area (Å²) in [5.41, 5.74) is 0. The Balaban J connectivity index is 2.10. The highest BCUT2D eigenvalue weighted by atomic mass is 16.5. The van der Waals surface area contributed by atoms with Crippen molar-refractivity contribution in [1.82, 2.24) is 9.80 Å². The fraction of sp³-hybridized carbons (Fsp3) is 1.00. The van der Waals surface area contributed by atoms with Crippen molar-refractivity contribution in [2.45, 2.75) is 32.2 Å². The number of aliphatic hydroxyl groups is 1. The zero-order valence-corrected chi connectivity index (χ0v) is 11.4. The molecule has 0 aromatic rings. The summed E-state index contributed by atoms with van der Waals surface area (Å²) in [7, 11) is 2.18. The summed E-state index contributed by atoms with van der Waals surface area (Å²) in [5.74, 6) is 0. The van der Waals surface area contributed by atoms with E-state index in [1.807, 2.05) is 0 Å². The van der Waals surface area contributed by atoms with Gasteiger partial charge in [0.05, 0.1) is 19.8 Å². The zero-order chi connectivity index (χ0) is 12.5. The number of piperidine rings is 1. The Bertz CT molecular complexity index is 182. The lowest BCUT2D eigenvalue weighted by Gasteiger charge is -2.36. The summed E-state index contributed by atoms with van der Waals surface area (Å²) in [6.07, 6.45) is 3.81. The van der Waals surface area contributed by atoms with Crippen LogP contribution in [0.3, 0.4) is 0 Å². The van der Waals surface area contributed by atoms with Crippen LogP contribution in [-0.2, 0) is 4.74 Å². The number of nitrogens with zero attached hydrogens (tertiary/aromatic N) is 2. The van der Waals surface area contributed by atoms with E-state index in [0.717, 1.165) is 13.2 Å². The molecule has 1 heterocycles. The first-order valence-corrected chi connectivity index (χ1v) is 6.89. The van der Waals surface area contributed by atoms with E-state index < -0.39 is 0 Å². The van der Waals surface area contributed by atoms with Crippen molar-refractivity contribution in [1.29, 1.82) is 0 Å². The van der Waals surface area contributed by atoms with Gasteiger partial charge in [-0.15, -0.1) is 0 Å². The Morgan fingerprint density at radius 2 is 2.00 bits per heavy atom. The molecule has 1 aliphatic rings. The average molecular weight is 244 g/mol. The fourth-order valence-electron chi connectivity index (χ4n) is 2.46. The minimum absolute atomic E-state index is 0.124. The van der Waals surface area contributed by atoms with E-state index in [9.17, 15) is 0 Å². The van der Waals surface area contributed by atoms with E-state index in [1.54, 1.807) is 0 Å². The third-order valence-corrected chi connectivity index (χ3v) is 3.54. The van der Waals surface area contributed by atoms with E-state index >= 15 is 0 Å². The molecule has 0 spiro atoms. The Kier molecular flexibility index (Phi) is 7.77. The quantitative estimate of drug-likeness (QED) is 0.641. The predicted molar refractivity (Wildman–Crippen MR) is 70.3 cm³/mol. The molecule has 1 saturated heterocycles. The summed E-state index contributed by atoms with van der Waals surface area (Å²) in [6.45, 7) is 8.25. The fourth-order valence-corrected chi connectivity index (χ4v) is 2.46. The maximum Gasteiger partial charge on any atom is 0.0698 e. The van der Waals surface area contributed by atoms with Crippen LogP contribution in [-0.4, -0.2) is 74.0 Å². The Morgan fingerprint density at radius 1 is 1.29 bits per heavy atom. The number of aliphatic hydroxyl groups excluding tert-OH is 1. The second kappa shape index (κ2) is 8.86. The molecule has 0 radical (unpaired) electrons. The van der Waals surface area contributed by atoms with Crippen LogP contribution in [0.1, 0.15) is 26.2 Å². The van der Waals surface area contributed by atoms with Crippen molar-refractivity contribution >= 4 is 0 Å². The molecular formula is C13H28N2O2. The molecular weight excluding hydrogens is 216 g/mol. The second-order valence-electron chi connectivity index (χ2n) is 4.89. The van der Waals surface area contributed by atoms with Crippen LogP contribution < -0.4 is 0 Å². The first-order valence-electron chi connectivity index (χ1n) is 6.89. The van der Waals surface area contributed by atoms with Crippen LogP contribution in [0.15, 0.2) is 0 Å². The lowest BCUT2D eigenvalue weighted by atomic mass is 10.0. The normalized spacial score (nSPS) is 19.1. The highest BCUT2D eigenvalue weighted by Crippen LogP contribution is 2.15. The van der Waals surface area contributed by atoms with Crippen LogP contribution in [0.5, 0.6) is 0 Å². The van der Waals surface area contributed by atoms with Gasteiger partial charge in [0.15, 0.2) is 0 Å². The summed E-state index contributed by atoms with van der Waals surface area (Å²) in [4.78, 5) is 4.97. The lowest BCUT2D eigenvalue weighted by Crippen LogP contribution is -2.44. The van der Waals surface area contributed by atoms with Gasteiger partial charge in [-0.25, -0.2) is 0 Å². The van der Waals surface area contributed by atoms with Crippen molar-refractivity contribution in [3.05, 3.63) is 0 Å². The van der Waals surface area contributed by atoms with E-state index in [2.05, 4.69) is 23.8 Å². The third-order valence-electron chi connectivity index (χ3n) is 3.54. The van der Waals surface area contributed by atoms with Crippen LogP contribution in [0.2, 0.25) is 0 Å². The summed E-state index contributed by atoms with van der Waals surface area (Å²) in [5, 5.41) is 8.62. The van der Waals surface area contributed by atoms with Crippen molar-refractivity contribution < 1.29 is 9.84 Å². The molecule has 1 rings (SSSR count). The Hall–Kier alpha value is -0.160. The molecule has 0 aromatic carbocycles. The third kappa shape index (κ3) is 5.82. The zero-order valence-electron chi connectivity index (χ0n) is 11.4. The van der Waals surface area contributed by atoms with E-state index in [-0.39, 0.29) is 6.61 Å². The number of likely N-dealkylation sites (tertiary alicyclic amines) is 1. The molecule has 0 atom stereocenters. The van der Waals surface area contributed by atoms with Gasteiger partial charge in [-0.05, 0) is 45.9 Å². The second-order valence-corrected chi connectivity index (χ2v) is 4.89. The first-order chi connectivity index (χ1) is 8.27. The number of ether oxygens (including phenoxy) is 1. The van der Waals surface area contributed by atoms with E-state index in [0.29, 0.717) is 12.6 Å². The molecule has 0 bridgehead atoms. The molecule has 0 aliphatic carbocycles. The monoisotopic (exact) mass is 244 g/mol. The molecule has 17 heavy (non-hydrogen) atoms. The molecule has 0 unspecified atom stereocenters. The summed E-state index contributed by atoms with van der Waals surface area (Å²) in [6, 6.07) is 0.709. The maximum atomic E-state index is 8.62. The number of hydrogen-bond donors (Lipinski definition) is 1. The van der Waals surface area contributed by atoms with Gasteiger partial charge >= 0.3 is 0 Å². The van der Waals surface area contributed by atoms with Crippen molar-refractivity contribution in [2.24, 2.45) is 0 Å². The van der Waals surface area contributed by atoms with E-state index in [4.69, 9.17) is 9.84 Å². The van der Waals surface area contributed by atoms with Gasteiger partial charge in [-0.3, -0.25) is 0 Å². The standard InChI is InChI=1S/C13H28N2O2/c1-3-6-15-7-4-13(5-8-15)14(2)9-11-17-12-10-16/h13,16H,3-12H2,1-2H3. The van der Waals surface area contributed by atoms with Crippen molar-refractivity contribution in [3.8, 4) is 0 Å². The van der Waals surface area contributed by atoms with Gasteiger partial charge in [0, 0.05) is 12.6 Å². The summed E-state index contributed by atoms with van der Waals surface area (Å²) >= 11 is 0. The Morgan fingerprint density at radius 3 is 2.59 bits per heavy atom. The van der Waals surface area contributed by atoms with Crippen LogP contribution >= 0.6 is 0 Å². The minimum Gasteiger partial charge on any atom is -0.394 e. The van der Waals surface area contributed by atoms with Gasteiger partial charge in [-0.2, -0.15) is 0 Å². The maximum absolute atomic E-state index is 8.62. The number of likely N-dealkylation sites (N-methyl/N-ethyl adjacent to an activating group) is 1. The molecule has 0 aromatic heterocycles. The van der Waals surface area contributed by atoms with Gasteiger partial charge in [0.25, 0.3) is 0 Å². The predicted octanol–water partition coefficient (Wildman–Crippen LogP) is 0.802. The van der Waals surface area contributed by atoms with Crippen molar-refractivity contribution in [3.63, 3.8) is 0 Å². The summed E-state index contributed by atoms with van der Waals surface area (Å²) < 4.78 is 5.30. The molecule has 0 saturated carbocycles. The number of hydrogen-bond acceptors (Lipinski definition) is 4. The molecule has 1 N–H and O–H groups in total. The molecule has 102 valence electrons. The van der Waals surface area contributed by atoms with Gasteiger partial charge in [-0.1, -0.05) is 6.92 Å². The largest absolute Gasteiger partial charge is 0.394 e. The van der Waals surface area contributed by atoms with Crippen LogP contribution in [0.4, 0.5) is 0 Å². The SMILES string of the molecule is CCCN1CCC(N(C)CCOCCO)CC1.